The van der Waals surface area contributed by atoms with E-state index in [1.165, 1.54) is 0 Å². The third-order valence-electron chi connectivity index (χ3n) is 1.91. The second-order valence-corrected chi connectivity index (χ2v) is 4.64. The van der Waals surface area contributed by atoms with Crippen LogP contribution in [-0.2, 0) is 0 Å². The molecule has 1 aliphatic rings. The summed E-state index contributed by atoms with van der Waals surface area (Å²) in [5, 5.41) is 8.80. The molecule has 1 aliphatic heterocycles. The van der Waals surface area contributed by atoms with Crippen LogP contribution < -0.4 is 0 Å². The lowest BCUT2D eigenvalue weighted by Crippen LogP contribution is -2.45. The molecule has 0 bridgehead atoms. The molecule has 76 valence electrons. The van der Waals surface area contributed by atoms with Gasteiger partial charge in [-0.2, -0.15) is 0 Å². The standard InChI is InChI=1S/C8H16N2OS2/c1-2-3-10-6-9(4-5-11)7-13-8(10)12/h11H,2-7H2,1H3. The molecule has 0 unspecified atom stereocenters. The van der Waals surface area contributed by atoms with E-state index in [4.69, 9.17) is 17.3 Å². The molecule has 1 fully saturated rings. The molecule has 0 aromatic heterocycles. The summed E-state index contributed by atoms with van der Waals surface area (Å²) in [6.07, 6.45) is 1.12. The molecule has 0 amide bonds. The van der Waals surface area contributed by atoms with Crippen molar-refractivity contribution in [2.24, 2.45) is 0 Å². The summed E-state index contributed by atoms with van der Waals surface area (Å²) in [6.45, 7) is 5.02. The smallest absolute Gasteiger partial charge is 0.138 e. The minimum atomic E-state index is 0.229. The first-order valence-electron chi connectivity index (χ1n) is 4.53. The number of β-amino-alcohol motifs (C(OH)–C–C–N with tert-alkyl or cyclic N) is 1. The second-order valence-electron chi connectivity index (χ2n) is 3.06. The monoisotopic (exact) mass is 220 g/mol. The van der Waals surface area contributed by atoms with Gasteiger partial charge in [-0.05, 0) is 6.42 Å². The van der Waals surface area contributed by atoms with E-state index >= 15 is 0 Å². The highest BCUT2D eigenvalue weighted by molar-refractivity contribution is 8.22. The quantitative estimate of drug-likeness (QED) is 0.712. The third kappa shape index (κ3) is 3.42. The van der Waals surface area contributed by atoms with Gasteiger partial charge in [0.15, 0.2) is 0 Å². The Morgan fingerprint density at radius 1 is 1.54 bits per heavy atom. The molecule has 0 atom stereocenters. The molecular weight excluding hydrogens is 204 g/mol. The molecule has 0 aromatic rings. The second kappa shape index (κ2) is 5.80. The Morgan fingerprint density at radius 3 is 2.92 bits per heavy atom. The lowest BCUT2D eigenvalue weighted by Gasteiger charge is -2.36. The summed E-state index contributed by atoms with van der Waals surface area (Å²) < 4.78 is 0.996. The van der Waals surface area contributed by atoms with Gasteiger partial charge in [-0.1, -0.05) is 30.9 Å². The highest BCUT2D eigenvalue weighted by Crippen LogP contribution is 2.18. The van der Waals surface area contributed by atoms with E-state index < -0.39 is 0 Å². The summed E-state index contributed by atoms with van der Waals surface area (Å²) in [7, 11) is 0. The van der Waals surface area contributed by atoms with Gasteiger partial charge in [-0.15, -0.1) is 0 Å². The van der Waals surface area contributed by atoms with Crippen LogP contribution in [0.2, 0.25) is 0 Å². The molecule has 13 heavy (non-hydrogen) atoms. The van der Waals surface area contributed by atoms with Crippen LogP contribution in [0.25, 0.3) is 0 Å². The summed E-state index contributed by atoms with van der Waals surface area (Å²) in [4.78, 5) is 4.40. The largest absolute Gasteiger partial charge is 0.395 e. The molecule has 1 saturated heterocycles. The van der Waals surface area contributed by atoms with E-state index in [0.29, 0.717) is 0 Å². The van der Waals surface area contributed by atoms with Crippen molar-refractivity contribution >= 4 is 28.3 Å². The van der Waals surface area contributed by atoms with Crippen LogP contribution in [0.5, 0.6) is 0 Å². The molecule has 0 saturated carbocycles. The van der Waals surface area contributed by atoms with Gasteiger partial charge in [0.25, 0.3) is 0 Å². The first-order chi connectivity index (χ1) is 6.27. The summed E-state index contributed by atoms with van der Waals surface area (Å²) >= 11 is 6.92. The molecule has 0 radical (unpaired) electrons. The average Bonchev–Trinajstić information content (AvgIpc) is 2.12. The van der Waals surface area contributed by atoms with Crippen molar-refractivity contribution in [3.05, 3.63) is 0 Å². The van der Waals surface area contributed by atoms with E-state index in [1.807, 2.05) is 0 Å². The first kappa shape index (κ1) is 11.2. The predicted molar refractivity (Wildman–Crippen MR) is 60.7 cm³/mol. The van der Waals surface area contributed by atoms with Gasteiger partial charge in [-0.3, -0.25) is 4.90 Å². The van der Waals surface area contributed by atoms with Crippen molar-refractivity contribution in [1.29, 1.82) is 0 Å². The SMILES string of the molecule is CCCN1CN(CCO)CSC1=S. The van der Waals surface area contributed by atoms with Crippen LogP contribution in [0.15, 0.2) is 0 Å². The maximum absolute atomic E-state index is 8.80. The predicted octanol–water partition coefficient (Wildman–Crippen LogP) is 0.939. The van der Waals surface area contributed by atoms with Gasteiger partial charge in [0.2, 0.25) is 0 Å². The number of aliphatic hydroxyl groups is 1. The van der Waals surface area contributed by atoms with Crippen LogP contribution in [-0.4, -0.2) is 51.5 Å². The van der Waals surface area contributed by atoms with Gasteiger partial charge >= 0.3 is 0 Å². The molecule has 3 nitrogen and oxygen atoms in total. The highest BCUT2D eigenvalue weighted by Gasteiger charge is 2.19. The third-order valence-corrected chi connectivity index (χ3v) is 3.52. The van der Waals surface area contributed by atoms with Crippen LogP contribution in [0.4, 0.5) is 0 Å². The minimum absolute atomic E-state index is 0.229. The summed E-state index contributed by atoms with van der Waals surface area (Å²) in [6, 6.07) is 0. The number of nitrogens with zero attached hydrogens (tertiary/aromatic N) is 2. The van der Waals surface area contributed by atoms with Crippen LogP contribution in [0.3, 0.4) is 0 Å². The van der Waals surface area contributed by atoms with Gasteiger partial charge < -0.3 is 10.0 Å². The Labute approximate surface area is 89.1 Å². The Kier molecular flexibility index (Phi) is 5.01. The Bertz CT molecular complexity index is 178. The van der Waals surface area contributed by atoms with Crippen molar-refractivity contribution in [3.8, 4) is 0 Å². The van der Waals surface area contributed by atoms with Crippen LogP contribution in [0, 0.1) is 0 Å². The van der Waals surface area contributed by atoms with Gasteiger partial charge in [-0.25, -0.2) is 0 Å². The Morgan fingerprint density at radius 2 is 2.31 bits per heavy atom. The molecule has 1 N–H and O–H groups in total. The van der Waals surface area contributed by atoms with E-state index in [-0.39, 0.29) is 6.61 Å². The zero-order valence-electron chi connectivity index (χ0n) is 7.90. The zero-order chi connectivity index (χ0) is 9.68. The van der Waals surface area contributed by atoms with Crippen molar-refractivity contribution in [3.63, 3.8) is 0 Å². The van der Waals surface area contributed by atoms with Gasteiger partial charge in [0.05, 0.1) is 19.2 Å². The average molecular weight is 220 g/mol. The molecular formula is C8H16N2OS2. The number of hydrogen-bond donors (Lipinski definition) is 1. The van der Waals surface area contributed by atoms with E-state index in [9.17, 15) is 0 Å². The molecule has 0 spiro atoms. The zero-order valence-corrected chi connectivity index (χ0v) is 9.53. The highest BCUT2D eigenvalue weighted by atomic mass is 32.2. The maximum Gasteiger partial charge on any atom is 0.138 e. The van der Waals surface area contributed by atoms with Crippen molar-refractivity contribution in [1.82, 2.24) is 9.80 Å². The van der Waals surface area contributed by atoms with E-state index in [1.54, 1.807) is 11.8 Å². The van der Waals surface area contributed by atoms with Gasteiger partial charge in [0.1, 0.15) is 4.32 Å². The topological polar surface area (TPSA) is 26.7 Å². The summed E-state index contributed by atoms with van der Waals surface area (Å²) in [5.74, 6) is 0.916. The number of aliphatic hydroxyl groups excluding tert-OH is 1. The fourth-order valence-electron chi connectivity index (χ4n) is 1.29. The lowest BCUT2D eigenvalue weighted by atomic mass is 10.4. The minimum Gasteiger partial charge on any atom is -0.395 e. The van der Waals surface area contributed by atoms with E-state index in [2.05, 4.69) is 16.7 Å². The maximum atomic E-state index is 8.80. The molecule has 0 aliphatic carbocycles. The number of thiocarbonyl (C=S) groups is 1. The van der Waals surface area contributed by atoms with E-state index in [0.717, 1.165) is 36.4 Å². The number of rotatable bonds is 4. The van der Waals surface area contributed by atoms with Crippen molar-refractivity contribution in [2.75, 3.05) is 32.2 Å². The van der Waals surface area contributed by atoms with Crippen molar-refractivity contribution in [2.45, 2.75) is 13.3 Å². The normalized spacial score (nSPS) is 19.5. The van der Waals surface area contributed by atoms with Crippen molar-refractivity contribution < 1.29 is 5.11 Å². The Hall–Kier alpha value is 0.160. The fourth-order valence-corrected chi connectivity index (χ4v) is 2.43. The van der Waals surface area contributed by atoms with Gasteiger partial charge in [0, 0.05) is 13.1 Å². The Balaban J connectivity index is 2.38. The lowest BCUT2D eigenvalue weighted by molar-refractivity contribution is 0.167. The molecule has 0 aromatic carbocycles. The first-order valence-corrected chi connectivity index (χ1v) is 5.92. The number of thioether (sulfide) groups is 1. The fraction of sp³-hybridized carbons (Fsp3) is 0.875. The molecule has 1 rings (SSSR count). The molecule has 1 heterocycles. The number of hydrogen-bond acceptors (Lipinski definition) is 4. The summed E-state index contributed by atoms with van der Waals surface area (Å²) in [5.41, 5.74) is 0. The van der Waals surface area contributed by atoms with Crippen LogP contribution in [0.1, 0.15) is 13.3 Å². The van der Waals surface area contributed by atoms with Crippen LogP contribution >= 0.6 is 24.0 Å². The molecule has 5 heteroatoms.